The molecular weight excluding hydrogens is 343 g/mol. The Bertz CT molecular complexity index is 692. The van der Waals surface area contributed by atoms with Crippen molar-refractivity contribution in [3.8, 4) is 11.5 Å². The smallest absolute Gasteiger partial charge is 0.358 e. The zero-order valence-corrected chi connectivity index (χ0v) is 12.9. The second kappa shape index (κ2) is 6.17. The zero-order chi connectivity index (χ0) is 15.6. The molecule has 0 fully saturated rings. The normalized spacial score (nSPS) is 10.7. The van der Waals surface area contributed by atoms with E-state index in [-0.39, 0.29) is 23.1 Å². The monoisotopic (exact) mass is 354 g/mol. The lowest BCUT2D eigenvalue weighted by Gasteiger charge is -2.11. The van der Waals surface area contributed by atoms with Gasteiger partial charge in [-0.3, -0.25) is 0 Å². The van der Waals surface area contributed by atoms with Crippen LogP contribution in [-0.4, -0.2) is 21.0 Å². The quantitative estimate of drug-likeness (QED) is 0.898. The Morgan fingerprint density at radius 3 is 2.67 bits per heavy atom. The van der Waals surface area contributed by atoms with Gasteiger partial charge in [0.05, 0.1) is 6.20 Å². The first-order valence-electron chi connectivity index (χ1n) is 6.11. The molecule has 0 unspecified atom stereocenters. The van der Waals surface area contributed by atoms with Crippen LogP contribution in [0.4, 0.5) is 4.39 Å². The highest BCUT2D eigenvalue weighted by molar-refractivity contribution is 9.10. The molecule has 0 aliphatic rings. The number of rotatable bonds is 4. The fraction of sp³-hybridized carbons (Fsp3) is 0.214. The second-order valence-corrected chi connectivity index (χ2v) is 5.49. The minimum absolute atomic E-state index is 0.0263. The van der Waals surface area contributed by atoms with Crippen LogP contribution < -0.4 is 4.74 Å². The van der Waals surface area contributed by atoms with Crippen LogP contribution in [0.25, 0.3) is 0 Å². The minimum Gasteiger partial charge on any atom is -0.476 e. The van der Waals surface area contributed by atoms with Gasteiger partial charge in [0.2, 0.25) is 0 Å². The standard InChI is InChI=1S/C14H12BrFN2O3/c1-7(2)13-17-6-11(12(18-13)14(19)20)21-10-4-3-8(15)5-9(10)16/h3-7H,1-2H3,(H,19,20). The molecule has 0 bridgehead atoms. The Balaban J connectivity index is 2.41. The second-order valence-electron chi connectivity index (χ2n) is 4.58. The van der Waals surface area contributed by atoms with Gasteiger partial charge in [0.1, 0.15) is 5.82 Å². The number of hydrogen-bond acceptors (Lipinski definition) is 4. The van der Waals surface area contributed by atoms with Gasteiger partial charge in [-0.2, -0.15) is 0 Å². The number of aromatic carboxylic acids is 1. The van der Waals surface area contributed by atoms with Gasteiger partial charge in [0.25, 0.3) is 0 Å². The summed E-state index contributed by atoms with van der Waals surface area (Å²) in [5, 5.41) is 9.19. The van der Waals surface area contributed by atoms with Crippen LogP contribution in [0.15, 0.2) is 28.9 Å². The van der Waals surface area contributed by atoms with Crippen LogP contribution in [0.1, 0.15) is 36.1 Å². The molecule has 1 N–H and O–H groups in total. The summed E-state index contributed by atoms with van der Waals surface area (Å²) >= 11 is 3.13. The summed E-state index contributed by atoms with van der Waals surface area (Å²) < 4.78 is 19.6. The number of carboxylic acid groups (broad SMARTS) is 1. The van der Waals surface area contributed by atoms with Crippen molar-refractivity contribution in [2.45, 2.75) is 19.8 Å². The molecule has 0 saturated heterocycles. The number of aromatic nitrogens is 2. The van der Waals surface area contributed by atoms with Crippen LogP contribution in [0.3, 0.4) is 0 Å². The minimum atomic E-state index is -1.26. The van der Waals surface area contributed by atoms with Gasteiger partial charge in [-0.1, -0.05) is 29.8 Å². The van der Waals surface area contributed by atoms with E-state index in [1.165, 1.54) is 18.3 Å². The molecule has 0 spiro atoms. The number of carboxylic acids is 1. The first-order chi connectivity index (χ1) is 9.88. The average molecular weight is 355 g/mol. The van der Waals surface area contributed by atoms with E-state index in [2.05, 4.69) is 25.9 Å². The molecule has 1 aromatic heterocycles. The summed E-state index contributed by atoms with van der Waals surface area (Å²) in [6.45, 7) is 3.69. The molecule has 0 aliphatic carbocycles. The van der Waals surface area contributed by atoms with Gasteiger partial charge in [0.15, 0.2) is 23.0 Å². The molecule has 21 heavy (non-hydrogen) atoms. The van der Waals surface area contributed by atoms with Gasteiger partial charge in [-0.05, 0) is 18.2 Å². The van der Waals surface area contributed by atoms with Crippen molar-refractivity contribution in [2.75, 3.05) is 0 Å². The lowest BCUT2D eigenvalue weighted by molar-refractivity contribution is 0.0686. The van der Waals surface area contributed by atoms with Crippen LogP contribution in [0.2, 0.25) is 0 Å². The molecule has 0 radical (unpaired) electrons. The Morgan fingerprint density at radius 2 is 2.10 bits per heavy atom. The van der Waals surface area contributed by atoms with E-state index in [9.17, 15) is 14.3 Å². The highest BCUT2D eigenvalue weighted by atomic mass is 79.9. The Hall–Kier alpha value is -2.02. The first-order valence-corrected chi connectivity index (χ1v) is 6.91. The third-order valence-electron chi connectivity index (χ3n) is 2.61. The Morgan fingerprint density at radius 1 is 1.38 bits per heavy atom. The molecule has 7 heteroatoms. The highest BCUT2D eigenvalue weighted by Gasteiger charge is 2.18. The van der Waals surface area contributed by atoms with Gasteiger partial charge < -0.3 is 9.84 Å². The highest BCUT2D eigenvalue weighted by Crippen LogP contribution is 2.28. The van der Waals surface area contributed by atoms with Crippen molar-refractivity contribution in [2.24, 2.45) is 0 Å². The summed E-state index contributed by atoms with van der Waals surface area (Å²) in [5.74, 6) is -1.72. The van der Waals surface area contributed by atoms with Crippen LogP contribution >= 0.6 is 15.9 Å². The molecule has 5 nitrogen and oxygen atoms in total. The molecule has 1 aromatic carbocycles. The SMILES string of the molecule is CC(C)c1ncc(Oc2ccc(Br)cc2F)c(C(=O)O)n1. The van der Waals surface area contributed by atoms with Crippen molar-refractivity contribution in [1.29, 1.82) is 0 Å². The van der Waals surface area contributed by atoms with Crippen LogP contribution in [0.5, 0.6) is 11.5 Å². The molecule has 0 amide bonds. The molecule has 0 aliphatic heterocycles. The van der Waals surface area contributed by atoms with E-state index in [4.69, 9.17) is 4.74 Å². The van der Waals surface area contributed by atoms with Crippen molar-refractivity contribution in [1.82, 2.24) is 9.97 Å². The van der Waals surface area contributed by atoms with E-state index >= 15 is 0 Å². The van der Waals surface area contributed by atoms with Crippen LogP contribution in [-0.2, 0) is 0 Å². The summed E-state index contributed by atoms with van der Waals surface area (Å²) in [6, 6.07) is 4.20. The van der Waals surface area contributed by atoms with Crippen molar-refractivity contribution >= 4 is 21.9 Å². The van der Waals surface area contributed by atoms with E-state index in [1.54, 1.807) is 6.07 Å². The maximum absolute atomic E-state index is 13.7. The fourth-order valence-corrected chi connectivity index (χ4v) is 1.90. The molecule has 110 valence electrons. The third kappa shape index (κ3) is 3.55. The molecule has 2 aromatic rings. The predicted octanol–water partition coefficient (Wildman–Crippen LogP) is 3.99. The lowest BCUT2D eigenvalue weighted by Crippen LogP contribution is -2.09. The molecular formula is C14H12BrFN2O3. The average Bonchev–Trinajstić information content (AvgIpc) is 2.41. The Kier molecular flexibility index (Phi) is 4.52. The number of nitrogens with zero attached hydrogens (tertiary/aromatic N) is 2. The number of halogens is 2. The van der Waals surface area contributed by atoms with E-state index in [0.717, 1.165) is 0 Å². The number of ether oxygens (including phenoxy) is 1. The summed E-state index contributed by atoms with van der Waals surface area (Å²) in [6.07, 6.45) is 1.24. The largest absolute Gasteiger partial charge is 0.476 e. The first kappa shape index (κ1) is 15.4. The molecule has 1 heterocycles. The van der Waals surface area contributed by atoms with E-state index in [1.807, 2.05) is 13.8 Å². The van der Waals surface area contributed by atoms with Crippen LogP contribution in [0, 0.1) is 5.82 Å². The Labute approximate surface area is 128 Å². The maximum atomic E-state index is 13.7. The molecule has 0 atom stereocenters. The van der Waals surface area contributed by atoms with Crippen molar-refractivity contribution < 1.29 is 19.0 Å². The molecule has 0 saturated carbocycles. The third-order valence-corrected chi connectivity index (χ3v) is 3.10. The van der Waals surface area contributed by atoms with Gasteiger partial charge >= 0.3 is 5.97 Å². The predicted molar refractivity (Wildman–Crippen MR) is 77.3 cm³/mol. The number of hydrogen-bond donors (Lipinski definition) is 1. The van der Waals surface area contributed by atoms with Gasteiger partial charge in [0, 0.05) is 10.4 Å². The molecule has 2 rings (SSSR count). The summed E-state index contributed by atoms with van der Waals surface area (Å²) in [4.78, 5) is 19.2. The number of benzene rings is 1. The zero-order valence-electron chi connectivity index (χ0n) is 11.3. The van der Waals surface area contributed by atoms with Gasteiger partial charge in [-0.15, -0.1) is 0 Å². The topological polar surface area (TPSA) is 72.3 Å². The van der Waals surface area contributed by atoms with E-state index < -0.39 is 11.8 Å². The fourth-order valence-electron chi connectivity index (χ4n) is 1.57. The summed E-state index contributed by atoms with van der Waals surface area (Å²) in [7, 11) is 0. The summed E-state index contributed by atoms with van der Waals surface area (Å²) in [5.41, 5.74) is -0.295. The lowest BCUT2D eigenvalue weighted by atomic mass is 10.2. The van der Waals surface area contributed by atoms with Crippen molar-refractivity contribution in [3.05, 3.63) is 46.2 Å². The van der Waals surface area contributed by atoms with Crippen molar-refractivity contribution in [3.63, 3.8) is 0 Å². The van der Waals surface area contributed by atoms with E-state index in [0.29, 0.717) is 10.3 Å². The number of carbonyl (C=O) groups is 1. The van der Waals surface area contributed by atoms with Gasteiger partial charge in [-0.25, -0.2) is 19.2 Å². The maximum Gasteiger partial charge on any atom is 0.358 e.